The summed E-state index contributed by atoms with van der Waals surface area (Å²) in [4.78, 5) is 14.4. The fourth-order valence-electron chi connectivity index (χ4n) is 3.40. The molecule has 0 radical (unpaired) electrons. The Morgan fingerprint density at radius 1 is 1.16 bits per heavy atom. The maximum Gasteiger partial charge on any atom is 0.162 e. The lowest BCUT2D eigenvalue weighted by atomic mass is 9.98. The predicted molar refractivity (Wildman–Crippen MR) is 76.8 cm³/mol. The number of carbonyl (C=O) groups is 1. The zero-order valence-electron chi connectivity index (χ0n) is 11.6. The molecule has 1 aromatic rings. The second kappa shape index (κ2) is 5.20. The van der Waals surface area contributed by atoms with Gasteiger partial charge in [-0.05, 0) is 38.2 Å². The summed E-state index contributed by atoms with van der Waals surface area (Å²) in [7, 11) is 0. The number of allylic oxidation sites excluding steroid dienone is 2. The number of Topliss-reactive ketones (excluding diaryl/α,β-unsaturated/α-hetero) is 1. The van der Waals surface area contributed by atoms with Gasteiger partial charge in [0.25, 0.3) is 0 Å². The first-order valence-electron chi connectivity index (χ1n) is 7.31. The molecule has 3 rings (SSSR count). The number of nitrogens with zero attached hydrogens (tertiary/aromatic N) is 1. The van der Waals surface area contributed by atoms with Gasteiger partial charge in [0.05, 0.1) is 0 Å². The molecule has 1 heterocycles. The molecule has 2 aliphatic rings. The van der Waals surface area contributed by atoms with E-state index in [0.717, 1.165) is 37.8 Å². The highest BCUT2D eigenvalue weighted by atomic mass is 16.1. The molecule has 100 valence electrons. The van der Waals surface area contributed by atoms with Gasteiger partial charge in [-0.1, -0.05) is 30.3 Å². The highest BCUT2D eigenvalue weighted by Gasteiger charge is 2.31. The van der Waals surface area contributed by atoms with Gasteiger partial charge >= 0.3 is 0 Å². The molecule has 0 aromatic heterocycles. The van der Waals surface area contributed by atoms with Gasteiger partial charge in [0.1, 0.15) is 0 Å². The van der Waals surface area contributed by atoms with Gasteiger partial charge in [-0.25, -0.2) is 0 Å². The number of ketones is 1. The summed E-state index contributed by atoms with van der Waals surface area (Å²) in [5.41, 5.74) is 3.86. The summed E-state index contributed by atoms with van der Waals surface area (Å²) in [5, 5.41) is 0. The summed E-state index contributed by atoms with van der Waals surface area (Å²) in [5.74, 6) is 0.399. The van der Waals surface area contributed by atoms with Gasteiger partial charge in [0.15, 0.2) is 5.78 Å². The van der Waals surface area contributed by atoms with Crippen LogP contribution >= 0.6 is 0 Å². The summed E-state index contributed by atoms with van der Waals surface area (Å²) >= 11 is 0. The highest BCUT2D eigenvalue weighted by molar-refractivity contribution is 5.97. The molecule has 1 unspecified atom stereocenters. The van der Waals surface area contributed by atoms with E-state index in [1.807, 2.05) is 0 Å². The highest BCUT2D eigenvalue weighted by Crippen LogP contribution is 2.35. The molecule has 1 aliphatic carbocycles. The van der Waals surface area contributed by atoms with Crippen molar-refractivity contribution in [3.05, 3.63) is 47.2 Å². The Morgan fingerprint density at radius 3 is 2.74 bits per heavy atom. The van der Waals surface area contributed by atoms with E-state index in [0.29, 0.717) is 18.2 Å². The van der Waals surface area contributed by atoms with Crippen molar-refractivity contribution in [1.29, 1.82) is 0 Å². The number of benzene rings is 1. The largest absolute Gasteiger partial charge is 0.371 e. The second-order valence-corrected chi connectivity index (χ2v) is 5.68. The van der Waals surface area contributed by atoms with E-state index in [1.165, 1.54) is 11.3 Å². The minimum Gasteiger partial charge on any atom is -0.371 e. The molecule has 0 amide bonds. The van der Waals surface area contributed by atoms with E-state index in [2.05, 4.69) is 42.2 Å². The average Bonchev–Trinajstić information content (AvgIpc) is 2.90. The molecule has 0 saturated heterocycles. The lowest BCUT2D eigenvalue weighted by Gasteiger charge is -2.36. The topological polar surface area (TPSA) is 20.3 Å². The Balaban J connectivity index is 1.77. The van der Waals surface area contributed by atoms with Gasteiger partial charge in [0.2, 0.25) is 0 Å². The van der Waals surface area contributed by atoms with Crippen molar-refractivity contribution < 1.29 is 4.79 Å². The van der Waals surface area contributed by atoms with Crippen LogP contribution in [-0.4, -0.2) is 23.3 Å². The van der Waals surface area contributed by atoms with E-state index in [9.17, 15) is 4.79 Å². The summed E-state index contributed by atoms with van der Waals surface area (Å²) in [6.45, 7) is 3.19. The normalized spacial score (nSPS) is 20.7. The fourth-order valence-corrected chi connectivity index (χ4v) is 3.40. The van der Waals surface area contributed by atoms with Crippen LogP contribution in [0, 0.1) is 0 Å². The summed E-state index contributed by atoms with van der Waals surface area (Å²) < 4.78 is 0. The average molecular weight is 255 g/mol. The molecule has 0 spiro atoms. The SMILES string of the molecule is CC(Cc1ccccc1)N1CCC(=O)C2=C1CCC2. The van der Waals surface area contributed by atoms with E-state index in [1.54, 1.807) is 0 Å². The number of hydrogen-bond donors (Lipinski definition) is 0. The molecule has 0 saturated carbocycles. The van der Waals surface area contributed by atoms with Gasteiger partial charge < -0.3 is 4.90 Å². The van der Waals surface area contributed by atoms with Crippen LogP contribution in [0.5, 0.6) is 0 Å². The predicted octanol–water partition coefficient (Wildman–Crippen LogP) is 3.33. The first-order valence-corrected chi connectivity index (χ1v) is 7.31. The fraction of sp³-hybridized carbons (Fsp3) is 0.471. The molecule has 1 aromatic carbocycles. The summed E-state index contributed by atoms with van der Waals surface area (Å²) in [6.07, 6.45) is 5.03. The maximum absolute atomic E-state index is 11.9. The summed E-state index contributed by atoms with van der Waals surface area (Å²) in [6, 6.07) is 11.1. The zero-order valence-corrected chi connectivity index (χ0v) is 11.6. The van der Waals surface area contributed by atoms with Gasteiger partial charge in [-0.3, -0.25) is 4.79 Å². The van der Waals surface area contributed by atoms with Gasteiger partial charge in [-0.2, -0.15) is 0 Å². The van der Waals surface area contributed by atoms with Crippen LogP contribution in [0.3, 0.4) is 0 Å². The minimum absolute atomic E-state index is 0.399. The molecular formula is C17H21NO. The Kier molecular flexibility index (Phi) is 3.41. The van der Waals surface area contributed by atoms with Crippen LogP contribution < -0.4 is 0 Å². The number of carbonyl (C=O) groups excluding carboxylic acids is 1. The molecule has 19 heavy (non-hydrogen) atoms. The van der Waals surface area contributed by atoms with Crippen LogP contribution in [0.15, 0.2) is 41.6 Å². The molecule has 2 nitrogen and oxygen atoms in total. The van der Waals surface area contributed by atoms with E-state index < -0.39 is 0 Å². The second-order valence-electron chi connectivity index (χ2n) is 5.68. The van der Waals surface area contributed by atoms with Crippen LogP contribution in [0.4, 0.5) is 0 Å². The maximum atomic E-state index is 11.9. The lowest BCUT2D eigenvalue weighted by molar-refractivity contribution is -0.116. The minimum atomic E-state index is 0.399. The van der Waals surface area contributed by atoms with Gasteiger partial charge in [-0.15, -0.1) is 0 Å². The van der Waals surface area contributed by atoms with Crippen molar-refractivity contribution in [3.8, 4) is 0 Å². The van der Waals surface area contributed by atoms with Crippen molar-refractivity contribution in [2.75, 3.05) is 6.54 Å². The molecule has 1 atom stereocenters. The van der Waals surface area contributed by atoms with E-state index in [4.69, 9.17) is 0 Å². The Labute approximate surface area is 115 Å². The molecule has 0 bridgehead atoms. The molecule has 2 heteroatoms. The Bertz CT molecular complexity index is 503. The first-order chi connectivity index (χ1) is 9.25. The molecular weight excluding hydrogens is 234 g/mol. The van der Waals surface area contributed by atoms with Crippen LogP contribution in [0.2, 0.25) is 0 Å². The zero-order chi connectivity index (χ0) is 13.2. The van der Waals surface area contributed by atoms with Crippen LogP contribution in [0.1, 0.15) is 38.2 Å². The van der Waals surface area contributed by atoms with Crippen molar-refractivity contribution >= 4 is 5.78 Å². The third kappa shape index (κ3) is 2.44. The molecule has 0 fully saturated rings. The number of rotatable bonds is 3. The van der Waals surface area contributed by atoms with Crippen LogP contribution in [-0.2, 0) is 11.2 Å². The Hall–Kier alpha value is -1.57. The molecule has 1 aliphatic heterocycles. The third-order valence-electron chi connectivity index (χ3n) is 4.36. The third-order valence-corrected chi connectivity index (χ3v) is 4.36. The van der Waals surface area contributed by atoms with Crippen molar-refractivity contribution in [2.45, 2.75) is 45.1 Å². The van der Waals surface area contributed by atoms with Gasteiger partial charge in [0, 0.05) is 30.3 Å². The van der Waals surface area contributed by atoms with Crippen molar-refractivity contribution in [1.82, 2.24) is 4.90 Å². The van der Waals surface area contributed by atoms with E-state index >= 15 is 0 Å². The monoisotopic (exact) mass is 255 g/mol. The quantitative estimate of drug-likeness (QED) is 0.825. The van der Waals surface area contributed by atoms with E-state index in [-0.39, 0.29) is 0 Å². The molecule has 0 N–H and O–H groups in total. The first kappa shape index (κ1) is 12.5. The number of hydrogen-bond acceptors (Lipinski definition) is 2. The standard InChI is InChI=1S/C17H21NO/c1-13(12-14-6-3-2-4-7-14)18-11-10-17(19)15-8-5-9-16(15)18/h2-4,6-7,13H,5,8-12H2,1H3. The Morgan fingerprint density at radius 2 is 1.95 bits per heavy atom. The van der Waals surface area contributed by atoms with Crippen LogP contribution in [0.25, 0.3) is 0 Å². The lowest BCUT2D eigenvalue weighted by Crippen LogP contribution is -2.39. The van der Waals surface area contributed by atoms with Crippen molar-refractivity contribution in [2.24, 2.45) is 0 Å². The van der Waals surface area contributed by atoms with Crippen molar-refractivity contribution in [3.63, 3.8) is 0 Å². The smallest absolute Gasteiger partial charge is 0.162 e.